The predicted octanol–water partition coefficient (Wildman–Crippen LogP) is 3.89. The van der Waals surface area contributed by atoms with Gasteiger partial charge in [0.15, 0.2) is 17.3 Å². The normalized spacial score (nSPS) is 17.5. The summed E-state index contributed by atoms with van der Waals surface area (Å²) in [4.78, 5) is 15.2. The van der Waals surface area contributed by atoms with Gasteiger partial charge in [-0.2, -0.15) is 0 Å². The van der Waals surface area contributed by atoms with E-state index in [9.17, 15) is 9.90 Å². The van der Waals surface area contributed by atoms with Crippen LogP contribution in [0.4, 0.5) is 0 Å². The molecule has 5 heteroatoms. The Morgan fingerprint density at radius 1 is 1.26 bits per heavy atom. The molecule has 0 amide bonds. The summed E-state index contributed by atoms with van der Waals surface area (Å²) >= 11 is 0. The van der Waals surface area contributed by atoms with Gasteiger partial charge in [-0.15, -0.1) is 0 Å². The van der Waals surface area contributed by atoms with Gasteiger partial charge in [-0.05, 0) is 56.1 Å². The Balaban J connectivity index is 1.67. The first-order valence-corrected chi connectivity index (χ1v) is 9.46. The number of hydrogen-bond donors (Lipinski definition) is 1. The molecular formula is C22H27NO4. The van der Waals surface area contributed by atoms with Crippen molar-refractivity contribution in [2.75, 3.05) is 26.8 Å². The molecule has 144 valence electrons. The first-order valence-electron chi connectivity index (χ1n) is 9.46. The summed E-state index contributed by atoms with van der Waals surface area (Å²) in [6.07, 6.45) is 1.91. The summed E-state index contributed by atoms with van der Waals surface area (Å²) in [5, 5.41) is 9.86. The molecule has 1 fully saturated rings. The Morgan fingerprint density at radius 2 is 2.11 bits per heavy atom. The Bertz CT molecular complexity index is 790. The molecule has 0 spiro atoms. The maximum Gasteiger partial charge on any atom is 0.167 e. The zero-order valence-corrected chi connectivity index (χ0v) is 16.0. The molecule has 0 aliphatic carbocycles. The highest BCUT2D eigenvalue weighted by Crippen LogP contribution is 2.29. The summed E-state index contributed by atoms with van der Waals surface area (Å²) in [7, 11) is 1.61. The summed E-state index contributed by atoms with van der Waals surface area (Å²) in [5.74, 6) is 1.55. The number of methoxy groups -OCH3 is 1. The molecule has 0 aromatic heterocycles. The Morgan fingerprint density at radius 3 is 2.89 bits per heavy atom. The number of benzene rings is 2. The van der Waals surface area contributed by atoms with Gasteiger partial charge in [0.1, 0.15) is 5.75 Å². The largest absolute Gasteiger partial charge is 0.504 e. The smallest absolute Gasteiger partial charge is 0.167 e. The van der Waals surface area contributed by atoms with Gasteiger partial charge in [-0.25, -0.2) is 0 Å². The molecule has 1 aliphatic rings. The Labute approximate surface area is 160 Å². The van der Waals surface area contributed by atoms with Crippen LogP contribution in [0, 0.1) is 5.92 Å². The van der Waals surface area contributed by atoms with Crippen molar-refractivity contribution < 1.29 is 19.4 Å². The van der Waals surface area contributed by atoms with Crippen LogP contribution in [0.2, 0.25) is 0 Å². The fourth-order valence-electron chi connectivity index (χ4n) is 3.61. The fraction of sp³-hybridized carbons (Fsp3) is 0.409. The number of carbonyl (C=O) groups excluding carboxylic acids is 1. The lowest BCUT2D eigenvalue weighted by Gasteiger charge is -2.32. The number of phenols is 1. The zero-order valence-electron chi connectivity index (χ0n) is 16.0. The molecule has 1 aliphatic heterocycles. The monoisotopic (exact) mass is 369 g/mol. The molecule has 2 aromatic rings. The Kier molecular flexibility index (Phi) is 6.35. The summed E-state index contributed by atoms with van der Waals surface area (Å²) in [5.41, 5.74) is 1.79. The first kappa shape index (κ1) is 19.2. The van der Waals surface area contributed by atoms with Crippen molar-refractivity contribution >= 4 is 5.78 Å². The predicted molar refractivity (Wildman–Crippen MR) is 105 cm³/mol. The average Bonchev–Trinajstić information content (AvgIpc) is 2.70. The molecule has 5 nitrogen and oxygen atoms in total. The number of rotatable bonds is 7. The maximum absolute atomic E-state index is 12.9. The van der Waals surface area contributed by atoms with Crippen LogP contribution in [-0.4, -0.2) is 42.6 Å². The van der Waals surface area contributed by atoms with Crippen molar-refractivity contribution in [3.63, 3.8) is 0 Å². The van der Waals surface area contributed by atoms with Crippen molar-refractivity contribution in [3.8, 4) is 17.2 Å². The first-order chi connectivity index (χ1) is 13.1. The molecule has 2 aromatic carbocycles. The highest BCUT2D eigenvalue weighted by molar-refractivity contribution is 5.98. The third-order valence-electron chi connectivity index (χ3n) is 4.96. The second-order valence-electron chi connectivity index (χ2n) is 6.91. The summed E-state index contributed by atoms with van der Waals surface area (Å²) in [6.45, 7) is 4.85. The molecule has 1 N–H and O–H groups in total. The molecule has 0 bridgehead atoms. The molecule has 27 heavy (non-hydrogen) atoms. The van der Waals surface area contributed by atoms with E-state index in [4.69, 9.17) is 9.47 Å². The van der Waals surface area contributed by atoms with E-state index in [-0.39, 0.29) is 17.5 Å². The SMILES string of the molecule is CCOc1cc(CN2CCC[C@@H](C(=O)c3cccc(OC)c3)C2)ccc1O. The zero-order chi connectivity index (χ0) is 19.2. The van der Waals surface area contributed by atoms with Gasteiger partial charge in [0.2, 0.25) is 0 Å². The number of Topliss-reactive ketones (excluding diaryl/α,β-unsaturated/α-hetero) is 1. The van der Waals surface area contributed by atoms with Crippen LogP contribution in [0.15, 0.2) is 42.5 Å². The minimum Gasteiger partial charge on any atom is -0.504 e. The number of phenolic OH excluding ortho intramolecular Hbond substituents is 1. The van der Waals surface area contributed by atoms with E-state index < -0.39 is 0 Å². The lowest BCUT2D eigenvalue weighted by atomic mass is 9.89. The van der Waals surface area contributed by atoms with Gasteiger partial charge in [-0.3, -0.25) is 9.69 Å². The number of nitrogens with zero attached hydrogens (tertiary/aromatic N) is 1. The molecule has 0 unspecified atom stereocenters. The third kappa shape index (κ3) is 4.80. The molecule has 1 saturated heterocycles. The molecule has 1 atom stereocenters. The van der Waals surface area contributed by atoms with Crippen LogP contribution < -0.4 is 9.47 Å². The van der Waals surface area contributed by atoms with Gasteiger partial charge in [0.05, 0.1) is 13.7 Å². The second-order valence-corrected chi connectivity index (χ2v) is 6.91. The topological polar surface area (TPSA) is 59.0 Å². The van der Waals surface area contributed by atoms with E-state index >= 15 is 0 Å². The number of hydrogen-bond acceptors (Lipinski definition) is 5. The number of ketones is 1. The van der Waals surface area contributed by atoms with Crippen molar-refractivity contribution in [1.82, 2.24) is 4.90 Å². The van der Waals surface area contributed by atoms with Crippen LogP contribution in [0.3, 0.4) is 0 Å². The van der Waals surface area contributed by atoms with Crippen LogP contribution in [0.5, 0.6) is 17.2 Å². The summed E-state index contributed by atoms with van der Waals surface area (Å²) in [6, 6.07) is 12.8. The van der Waals surface area contributed by atoms with Crippen molar-refractivity contribution in [1.29, 1.82) is 0 Å². The standard InChI is InChI=1S/C22H27NO4/c1-3-27-21-12-16(9-10-20(21)24)14-23-11-5-7-18(15-23)22(25)17-6-4-8-19(13-17)26-2/h4,6,8-10,12-13,18,24H,3,5,7,11,14-15H2,1-2H3/t18-/m1/s1. The minimum atomic E-state index is -0.00525. The van der Waals surface area contributed by atoms with E-state index in [0.717, 1.165) is 38.0 Å². The third-order valence-corrected chi connectivity index (χ3v) is 4.96. The van der Waals surface area contributed by atoms with Crippen LogP contribution in [-0.2, 0) is 6.54 Å². The van der Waals surface area contributed by atoms with Gasteiger partial charge in [0, 0.05) is 24.6 Å². The lowest BCUT2D eigenvalue weighted by Crippen LogP contribution is -2.38. The highest BCUT2D eigenvalue weighted by Gasteiger charge is 2.27. The number of carbonyl (C=O) groups is 1. The van der Waals surface area contributed by atoms with Crippen molar-refractivity contribution in [3.05, 3.63) is 53.6 Å². The van der Waals surface area contributed by atoms with Gasteiger partial charge < -0.3 is 14.6 Å². The van der Waals surface area contributed by atoms with Gasteiger partial charge in [0.25, 0.3) is 0 Å². The quantitative estimate of drug-likeness (QED) is 0.750. The average molecular weight is 369 g/mol. The molecule has 0 radical (unpaired) electrons. The lowest BCUT2D eigenvalue weighted by molar-refractivity contribution is 0.0811. The van der Waals surface area contributed by atoms with Crippen LogP contribution in [0.25, 0.3) is 0 Å². The molecule has 0 saturated carbocycles. The molecule has 1 heterocycles. The number of piperidine rings is 1. The van der Waals surface area contributed by atoms with Gasteiger partial charge >= 0.3 is 0 Å². The summed E-state index contributed by atoms with van der Waals surface area (Å²) < 4.78 is 10.7. The minimum absolute atomic E-state index is 0.00525. The van der Waals surface area contributed by atoms with E-state index in [0.29, 0.717) is 23.7 Å². The Hall–Kier alpha value is -2.53. The fourth-order valence-corrected chi connectivity index (χ4v) is 3.61. The number of ether oxygens (including phenoxy) is 2. The van der Waals surface area contributed by atoms with E-state index in [1.165, 1.54) is 0 Å². The van der Waals surface area contributed by atoms with Crippen molar-refractivity contribution in [2.24, 2.45) is 5.92 Å². The number of likely N-dealkylation sites (tertiary alicyclic amines) is 1. The highest BCUT2D eigenvalue weighted by atomic mass is 16.5. The van der Waals surface area contributed by atoms with Crippen molar-refractivity contribution in [2.45, 2.75) is 26.3 Å². The maximum atomic E-state index is 12.9. The van der Waals surface area contributed by atoms with Crippen LogP contribution in [0.1, 0.15) is 35.7 Å². The van der Waals surface area contributed by atoms with Gasteiger partial charge in [-0.1, -0.05) is 18.2 Å². The number of aromatic hydroxyl groups is 1. The molecular weight excluding hydrogens is 342 g/mol. The second kappa shape index (κ2) is 8.91. The molecule has 3 rings (SSSR count). The van der Waals surface area contributed by atoms with Crippen LogP contribution >= 0.6 is 0 Å². The van der Waals surface area contributed by atoms with E-state index in [1.54, 1.807) is 13.2 Å². The van der Waals surface area contributed by atoms with E-state index in [2.05, 4.69) is 4.90 Å². The van der Waals surface area contributed by atoms with E-state index in [1.807, 2.05) is 43.3 Å².